The van der Waals surface area contributed by atoms with E-state index in [0.29, 0.717) is 36.7 Å². The van der Waals surface area contributed by atoms with Crippen molar-refractivity contribution in [2.75, 3.05) is 13.1 Å². The van der Waals surface area contributed by atoms with Crippen LogP contribution < -0.4 is 43.8 Å². The molecule has 0 radical (unpaired) electrons. The lowest BCUT2D eigenvalue weighted by molar-refractivity contribution is -0.136. The van der Waals surface area contributed by atoms with Crippen LogP contribution >= 0.6 is 11.6 Å². The Labute approximate surface area is 326 Å². The Kier molecular flexibility index (Phi) is 17.6. The van der Waals surface area contributed by atoms with Gasteiger partial charge in [0.25, 0.3) is 11.8 Å². The summed E-state index contributed by atoms with van der Waals surface area (Å²) in [6, 6.07) is 9.06. The molecule has 55 heavy (non-hydrogen) atoms. The number of Topliss-reactive ketones (excluding diaryl/α,β-unsaturated/α-hetero) is 1. The third-order valence-electron chi connectivity index (χ3n) is 8.98. The first kappa shape index (κ1) is 44.9. The molecule has 17 heteroatoms. The zero-order valence-electron chi connectivity index (χ0n) is 31.7. The van der Waals surface area contributed by atoms with Crippen molar-refractivity contribution in [1.82, 2.24) is 26.6 Å². The van der Waals surface area contributed by atoms with Gasteiger partial charge in [-0.05, 0) is 100 Å². The molecule has 2 unspecified atom stereocenters. The number of carbonyl (C=O) groups is 6. The van der Waals surface area contributed by atoms with Gasteiger partial charge in [-0.3, -0.25) is 28.8 Å². The van der Waals surface area contributed by atoms with Gasteiger partial charge in [-0.1, -0.05) is 49.7 Å². The highest BCUT2D eigenvalue weighted by atomic mass is 35.5. The average molecular weight is 787 g/mol. The van der Waals surface area contributed by atoms with Crippen LogP contribution in [0.1, 0.15) is 70.2 Å². The Morgan fingerprint density at radius 3 is 1.87 bits per heavy atom. The molecule has 1 heterocycles. The molecule has 5 amide bonds. The van der Waals surface area contributed by atoms with Crippen LogP contribution in [0.15, 0.2) is 48.5 Å². The second kappa shape index (κ2) is 21.6. The van der Waals surface area contributed by atoms with Crippen molar-refractivity contribution in [3.8, 4) is 11.1 Å². The van der Waals surface area contributed by atoms with Gasteiger partial charge in [0.1, 0.15) is 24.2 Å². The molecule has 16 nitrogen and oxygen atoms in total. The smallest absolute Gasteiger partial charge is 0.258 e. The second-order valence-corrected chi connectivity index (χ2v) is 14.5. The SMILES string of the molecule is CC(C)CC1OC1C(=O)[C@H](C)NC(=O)[C@H](CCCCN)NC(=O)[C@H](N)NC(=O)[C@@H](NC(=O)[C@H](CCN)NC(=O)c1ccc(-c2ccc(Cl)cc2)cc1)[C@@H](C)O. The number of halogens is 1. The molecule has 8 atom stereocenters. The fraction of sp³-hybridized carbons (Fsp3) is 0.526. The van der Waals surface area contributed by atoms with E-state index in [4.69, 9.17) is 33.5 Å². The number of rotatable bonds is 22. The number of epoxide rings is 1. The van der Waals surface area contributed by atoms with Gasteiger partial charge in [0.15, 0.2) is 11.9 Å². The Bertz CT molecular complexity index is 1630. The molecule has 0 spiro atoms. The van der Waals surface area contributed by atoms with E-state index >= 15 is 0 Å². The first-order valence-electron chi connectivity index (χ1n) is 18.5. The molecule has 2 aromatic rings. The largest absolute Gasteiger partial charge is 0.391 e. The Morgan fingerprint density at radius 2 is 1.31 bits per heavy atom. The first-order valence-corrected chi connectivity index (χ1v) is 18.8. The fourth-order valence-electron chi connectivity index (χ4n) is 5.79. The molecule has 2 aromatic carbocycles. The maximum Gasteiger partial charge on any atom is 0.258 e. The molecule has 1 saturated heterocycles. The average Bonchev–Trinajstić information content (AvgIpc) is 3.90. The lowest BCUT2D eigenvalue weighted by Gasteiger charge is -2.26. The predicted octanol–water partition coefficient (Wildman–Crippen LogP) is 0.222. The fourth-order valence-corrected chi connectivity index (χ4v) is 5.92. The van der Waals surface area contributed by atoms with Crippen LogP contribution in [0, 0.1) is 5.92 Å². The van der Waals surface area contributed by atoms with Crippen molar-refractivity contribution in [1.29, 1.82) is 0 Å². The van der Waals surface area contributed by atoms with Gasteiger partial charge in [0, 0.05) is 10.6 Å². The van der Waals surface area contributed by atoms with Crippen molar-refractivity contribution in [3.05, 3.63) is 59.1 Å². The van der Waals surface area contributed by atoms with Crippen LogP contribution in [0.5, 0.6) is 0 Å². The summed E-state index contributed by atoms with van der Waals surface area (Å²) < 4.78 is 5.49. The molecular weight excluding hydrogens is 732 g/mol. The molecule has 0 bridgehead atoms. The third kappa shape index (κ3) is 14.0. The van der Waals surface area contributed by atoms with Gasteiger partial charge in [-0.15, -0.1) is 0 Å². The number of nitrogens with two attached hydrogens (primary N) is 3. The van der Waals surface area contributed by atoms with Crippen molar-refractivity contribution >= 4 is 46.9 Å². The summed E-state index contributed by atoms with van der Waals surface area (Å²) in [7, 11) is 0. The standard InChI is InChI=1S/C38H55ClN8O8/c1-20(2)19-29-32(55-29)31(49)21(3)43-35(51)27(7-5-6-17-40)45-38(54)33(42)47-37(53)30(22(4)48)46-36(52)28(16-18-41)44-34(50)25-10-8-23(9-11-25)24-12-14-26(39)15-13-24/h8-15,20-22,27-30,32-33,48H,5-7,16-19,40-42H2,1-4H3,(H,43,51)(H,44,50)(H,45,54)(H,46,52)(H,47,53)/t21-,22+,27-,28-,29?,30-,32?,33+/m0/s1. The van der Waals surface area contributed by atoms with E-state index < -0.39 is 72.1 Å². The molecule has 0 saturated carbocycles. The Morgan fingerprint density at radius 1 is 0.727 bits per heavy atom. The summed E-state index contributed by atoms with van der Waals surface area (Å²) in [5.74, 6) is -3.91. The van der Waals surface area contributed by atoms with Crippen LogP contribution in [0.3, 0.4) is 0 Å². The molecule has 0 aromatic heterocycles. The van der Waals surface area contributed by atoms with Crippen LogP contribution in [0.4, 0.5) is 0 Å². The maximum absolute atomic E-state index is 13.3. The van der Waals surface area contributed by atoms with Gasteiger partial charge >= 0.3 is 0 Å². The minimum absolute atomic E-state index is 0.000526. The highest BCUT2D eigenvalue weighted by Crippen LogP contribution is 2.30. The quantitative estimate of drug-likeness (QED) is 0.0443. The number of benzene rings is 2. The van der Waals surface area contributed by atoms with Crippen LogP contribution in [-0.2, 0) is 28.7 Å². The number of ether oxygens (including phenoxy) is 1. The lowest BCUT2D eigenvalue weighted by Crippen LogP contribution is -2.63. The van der Waals surface area contributed by atoms with Gasteiger partial charge in [-0.2, -0.15) is 0 Å². The minimum Gasteiger partial charge on any atom is -0.391 e. The van der Waals surface area contributed by atoms with Crippen molar-refractivity contribution in [2.45, 2.75) is 108 Å². The topological polar surface area (TPSA) is 273 Å². The first-order chi connectivity index (χ1) is 26.1. The summed E-state index contributed by atoms with van der Waals surface area (Å²) in [4.78, 5) is 78.8. The number of amides is 5. The van der Waals surface area contributed by atoms with E-state index in [1.165, 1.54) is 13.8 Å². The molecule has 12 N–H and O–H groups in total. The number of carbonyl (C=O) groups excluding carboxylic acids is 6. The number of aliphatic hydroxyl groups excluding tert-OH is 1. The molecule has 1 fully saturated rings. The zero-order valence-corrected chi connectivity index (χ0v) is 32.4. The molecule has 3 rings (SSSR count). The maximum atomic E-state index is 13.3. The van der Waals surface area contributed by atoms with Crippen LogP contribution in [0.25, 0.3) is 11.1 Å². The van der Waals surface area contributed by atoms with Crippen molar-refractivity contribution < 1.29 is 38.6 Å². The second-order valence-electron chi connectivity index (χ2n) is 14.1. The number of nitrogens with one attached hydrogen (secondary N) is 5. The summed E-state index contributed by atoms with van der Waals surface area (Å²) in [6.45, 7) is 7.17. The summed E-state index contributed by atoms with van der Waals surface area (Å²) in [6.07, 6.45) is -2.06. The molecule has 1 aliphatic heterocycles. The number of unbranched alkanes of at least 4 members (excludes halogenated alkanes) is 1. The summed E-state index contributed by atoms with van der Waals surface area (Å²) >= 11 is 5.97. The number of hydrogen-bond acceptors (Lipinski definition) is 11. The molecular formula is C38H55ClN8O8. The number of ketones is 1. The monoisotopic (exact) mass is 786 g/mol. The number of aliphatic hydroxyl groups is 1. The van der Waals surface area contributed by atoms with E-state index in [-0.39, 0.29) is 36.8 Å². The Hall–Kier alpha value is -4.45. The van der Waals surface area contributed by atoms with E-state index in [1.807, 2.05) is 26.0 Å². The van der Waals surface area contributed by atoms with Gasteiger partial charge in [0.2, 0.25) is 17.7 Å². The zero-order chi connectivity index (χ0) is 40.8. The summed E-state index contributed by atoms with van der Waals surface area (Å²) in [5.41, 5.74) is 19.3. The number of hydrogen-bond donors (Lipinski definition) is 9. The highest BCUT2D eigenvalue weighted by Gasteiger charge is 2.46. The van der Waals surface area contributed by atoms with Gasteiger partial charge < -0.3 is 53.6 Å². The summed E-state index contributed by atoms with van der Waals surface area (Å²) in [5, 5.41) is 23.4. The third-order valence-corrected chi connectivity index (χ3v) is 9.23. The Balaban J connectivity index is 1.60. The van der Waals surface area contributed by atoms with Crippen LogP contribution in [-0.4, -0.2) is 102 Å². The molecule has 0 aliphatic carbocycles. The molecule has 1 aliphatic rings. The van der Waals surface area contributed by atoms with E-state index in [9.17, 15) is 33.9 Å². The van der Waals surface area contributed by atoms with Gasteiger partial charge in [-0.25, -0.2) is 0 Å². The van der Waals surface area contributed by atoms with E-state index in [2.05, 4.69) is 26.6 Å². The lowest BCUT2D eigenvalue weighted by atomic mass is 10.0. The van der Waals surface area contributed by atoms with Crippen LogP contribution in [0.2, 0.25) is 5.02 Å². The minimum atomic E-state index is -1.71. The highest BCUT2D eigenvalue weighted by molar-refractivity contribution is 6.30. The van der Waals surface area contributed by atoms with Gasteiger partial charge in [0.05, 0.1) is 18.2 Å². The van der Waals surface area contributed by atoms with E-state index in [1.54, 1.807) is 36.4 Å². The predicted molar refractivity (Wildman–Crippen MR) is 207 cm³/mol. The molecule has 302 valence electrons. The van der Waals surface area contributed by atoms with Crippen molar-refractivity contribution in [2.24, 2.45) is 23.1 Å². The normalized spacial score (nSPS) is 18.1. The van der Waals surface area contributed by atoms with E-state index in [0.717, 1.165) is 11.1 Å². The van der Waals surface area contributed by atoms with Crippen molar-refractivity contribution in [3.63, 3.8) is 0 Å².